The Hall–Kier alpha value is -2.65. The Balaban J connectivity index is 1.57. The number of nitrogens with one attached hydrogen (secondary N) is 1. The van der Waals surface area contributed by atoms with E-state index in [0.717, 1.165) is 0 Å². The molecule has 1 aromatic carbocycles. The lowest BCUT2D eigenvalue weighted by Crippen LogP contribution is -2.52. The third-order valence-corrected chi connectivity index (χ3v) is 6.29. The van der Waals surface area contributed by atoms with E-state index in [1.165, 1.54) is 16.1 Å². The number of carbonyl (C=O) groups is 2. The summed E-state index contributed by atoms with van der Waals surface area (Å²) in [7, 11) is -3.57. The van der Waals surface area contributed by atoms with Crippen molar-refractivity contribution in [2.45, 2.75) is 17.9 Å². The SMILES string of the molecule is C[C@H](OC(=O)c1ccc[nH]1)C(=O)N1CCN(S(=O)(=O)c2ccccc2)CC1. The summed E-state index contributed by atoms with van der Waals surface area (Å²) in [5.41, 5.74) is 0.272. The molecule has 1 aromatic heterocycles. The van der Waals surface area contributed by atoms with E-state index < -0.39 is 22.1 Å². The molecule has 2 aromatic rings. The molecule has 8 nitrogen and oxygen atoms in total. The molecule has 1 aliphatic heterocycles. The Kier molecular flexibility index (Phi) is 5.62. The maximum Gasteiger partial charge on any atom is 0.355 e. The number of amides is 1. The van der Waals surface area contributed by atoms with Crippen LogP contribution in [0.4, 0.5) is 0 Å². The van der Waals surface area contributed by atoms with Crippen molar-refractivity contribution in [3.05, 3.63) is 54.4 Å². The molecule has 0 bridgehead atoms. The third kappa shape index (κ3) is 4.20. The summed E-state index contributed by atoms with van der Waals surface area (Å²) in [5, 5.41) is 0. The van der Waals surface area contributed by atoms with Crippen LogP contribution >= 0.6 is 0 Å². The van der Waals surface area contributed by atoms with Crippen molar-refractivity contribution in [3.63, 3.8) is 0 Å². The molecule has 0 radical (unpaired) electrons. The van der Waals surface area contributed by atoms with Gasteiger partial charge in [0.1, 0.15) is 5.69 Å². The zero-order chi connectivity index (χ0) is 19.4. The molecule has 27 heavy (non-hydrogen) atoms. The Bertz CT molecular complexity index is 888. The van der Waals surface area contributed by atoms with E-state index in [1.54, 1.807) is 48.7 Å². The number of carbonyl (C=O) groups excluding carboxylic acids is 2. The number of H-pyrrole nitrogens is 1. The predicted molar refractivity (Wildman–Crippen MR) is 97.5 cm³/mol. The summed E-state index contributed by atoms with van der Waals surface area (Å²) in [6.45, 7) is 2.39. The molecular weight excluding hydrogens is 370 g/mol. The maximum atomic E-state index is 12.6. The first-order chi connectivity index (χ1) is 12.9. The van der Waals surface area contributed by atoms with Crippen LogP contribution in [0, 0.1) is 0 Å². The summed E-state index contributed by atoms with van der Waals surface area (Å²) >= 11 is 0. The van der Waals surface area contributed by atoms with Gasteiger partial charge in [0.05, 0.1) is 4.90 Å². The molecular formula is C18H21N3O5S. The average Bonchev–Trinajstić information content (AvgIpc) is 3.23. The van der Waals surface area contributed by atoms with Crippen LogP contribution in [0.3, 0.4) is 0 Å². The van der Waals surface area contributed by atoms with Gasteiger partial charge < -0.3 is 14.6 Å². The number of hydrogen-bond acceptors (Lipinski definition) is 5. The largest absolute Gasteiger partial charge is 0.448 e. The molecule has 3 rings (SSSR count). The fraction of sp³-hybridized carbons (Fsp3) is 0.333. The van der Waals surface area contributed by atoms with Gasteiger partial charge in [-0.3, -0.25) is 4.79 Å². The van der Waals surface area contributed by atoms with Crippen LogP contribution in [0.15, 0.2) is 53.6 Å². The fourth-order valence-corrected chi connectivity index (χ4v) is 4.32. The van der Waals surface area contributed by atoms with Crippen LogP contribution in [-0.2, 0) is 19.6 Å². The van der Waals surface area contributed by atoms with E-state index in [0.29, 0.717) is 0 Å². The lowest BCUT2D eigenvalue weighted by molar-refractivity contribution is -0.141. The second kappa shape index (κ2) is 7.93. The predicted octanol–water partition coefficient (Wildman–Crippen LogP) is 1.09. The van der Waals surface area contributed by atoms with Crippen LogP contribution in [-0.4, -0.2) is 66.8 Å². The maximum absolute atomic E-state index is 12.6. The van der Waals surface area contributed by atoms with Crippen LogP contribution in [0.25, 0.3) is 0 Å². The number of rotatable bonds is 5. The Labute approximate surface area is 157 Å². The smallest absolute Gasteiger partial charge is 0.355 e. The molecule has 0 unspecified atom stereocenters. The van der Waals surface area contributed by atoms with Gasteiger partial charge in [0.2, 0.25) is 10.0 Å². The number of piperazine rings is 1. The van der Waals surface area contributed by atoms with Gasteiger partial charge in [0.25, 0.3) is 5.91 Å². The molecule has 1 fully saturated rings. The van der Waals surface area contributed by atoms with Crippen molar-refractivity contribution >= 4 is 21.9 Å². The summed E-state index contributed by atoms with van der Waals surface area (Å²) in [4.78, 5) is 28.9. The Morgan fingerprint density at radius 1 is 1.04 bits per heavy atom. The zero-order valence-electron chi connectivity index (χ0n) is 14.9. The molecule has 144 valence electrons. The molecule has 1 N–H and O–H groups in total. The minimum absolute atomic E-state index is 0.195. The van der Waals surface area contributed by atoms with Gasteiger partial charge in [-0.2, -0.15) is 4.31 Å². The number of ether oxygens (including phenoxy) is 1. The van der Waals surface area contributed by atoms with Crippen LogP contribution in [0.1, 0.15) is 17.4 Å². The first-order valence-electron chi connectivity index (χ1n) is 8.58. The van der Waals surface area contributed by atoms with Gasteiger partial charge in [-0.15, -0.1) is 0 Å². The highest BCUT2D eigenvalue weighted by atomic mass is 32.2. The van der Waals surface area contributed by atoms with E-state index >= 15 is 0 Å². The Morgan fingerprint density at radius 2 is 1.70 bits per heavy atom. The summed E-state index contributed by atoms with van der Waals surface area (Å²) in [5.74, 6) is -0.946. The average molecular weight is 391 g/mol. The molecule has 1 aliphatic rings. The minimum Gasteiger partial charge on any atom is -0.448 e. The van der Waals surface area contributed by atoms with Gasteiger partial charge in [-0.05, 0) is 31.2 Å². The van der Waals surface area contributed by atoms with Gasteiger partial charge in [0, 0.05) is 32.4 Å². The number of hydrogen-bond donors (Lipinski definition) is 1. The number of esters is 1. The van der Waals surface area contributed by atoms with Crippen LogP contribution in [0.5, 0.6) is 0 Å². The summed E-state index contributed by atoms with van der Waals surface area (Å²) in [6, 6.07) is 11.4. The first kappa shape index (κ1) is 19.1. The highest BCUT2D eigenvalue weighted by molar-refractivity contribution is 7.89. The monoisotopic (exact) mass is 391 g/mol. The van der Waals surface area contributed by atoms with Crippen molar-refractivity contribution in [1.29, 1.82) is 0 Å². The molecule has 0 saturated carbocycles. The second-order valence-electron chi connectivity index (χ2n) is 6.17. The van der Waals surface area contributed by atoms with Crippen molar-refractivity contribution in [2.24, 2.45) is 0 Å². The molecule has 1 amide bonds. The van der Waals surface area contributed by atoms with E-state index in [4.69, 9.17) is 4.74 Å². The molecule has 0 spiro atoms. The molecule has 0 aliphatic carbocycles. The summed E-state index contributed by atoms with van der Waals surface area (Å²) in [6.07, 6.45) is 0.647. The van der Waals surface area contributed by atoms with Gasteiger partial charge in [0.15, 0.2) is 6.10 Å². The summed E-state index contributed by atoms with van der Waals surface area (Å²) < 4.78 is 31.8. The van der Waals surface area contributed by atoms with E-state index in [2.05, 4.69) is 4.98 Å². The first-order valence-corrected chi connectivity index (χ1v) is 10.0. The Morgan fingerprint density at radius 3 is 2.30 bits per heavy atom. The fourth-order valence-electron chi connectivity index (χ4n) is 2.88. The quantitative estimate of drug-likeness (QED) is 0.769. The van der Waals surface area contributed by atoms with Crippen molar-refractivity contribution in [2.75, 3.05) is 26.2 Å². The lowest BCUT2D eigenvalue weighted by atomic mass is 10.3. The second-order valence-corrected chi connectivity index (χ2v) is 8.11. The molecule has 9 heteroatoms. The number of aromatic nitrogens is 1. The molecule has 1 atom stereocenters. The molecule has 1 saturated heterocycles. The van der Waals surface area contributed by atoms with Crippen LogP contribution < -0.4 is 0 Å². The number of nitrogens with zero attached hydrogens (tertiary/aromatic N) is 2. The van der Waals surface area contributed by atoms with Crippen LogP contribution in [0.2, 0.25) is 0 Å². The van der Waals surface area contributed by atoms with Crippen molar-refractivity contribution < 1.29 is 22.7 Å². The third-order valence-electron chi connectivity index (χ3n) is 4.38. The van der Waals surface area contributed by atoms with Gasteiger partial charge in [-0.1, -0.05) is 18.2 Å². The van der Waals surface area contributed by atoms with Gasteiger partial charge in [-0.25, -0.2) is 13.2 Å². The zero-order valence-corrected chi connectivity index (χ0v) is 15.7. The van der Waals surface area contributed by atoms with E-state index in [9.17, 15) is 18.0 Å². The normalized spacial score (nSPS) is 16.7. The molecule has 2 heterocycles. The topological polar surface area (TPSA) is 99.8 Å². The number of sulfonamides is 1. The van der Waals surface area contributed by atoms with E-state index in [1.807, 2.05) is 0 Å². The lowest BCUT2D eigenvalue weighted by Gasteiger charge is -2.35. The van der Waals surface area contributed by atoms with E-state index in [-0.39, 0.29) is 42.7 Å². The number of benzene rings is 1. The minimum atomic E-state index is -3.57. The standard InChI is InChI=1S/C18H21N3O5S/c1-14(26-18(23)16-8-5-9-19-16)17(22)20-10-12-21(13-11-20)27(24,25)15-6-3-2-4-7-15/h2-9,14,19H,10-13H2,1H3/t14-/m0/s1. The highest BCUT2D eigenvalue weighted by Crippen LogP contribution is 2.18. The van der Waals surface area contributed by atoms with Crippen molar-refractivity contribution in [3.8, 4) is 0 Å². The van der Waals surface area contributed by atoms with Gasteiger partial charge >= 0.3 is 5.97 Å². The van der Waals surface area contributed by atoms with Crippen molar-refractivity contribution in [1.82, 2.24) is 14.2 Å². The number of aromatic amines is 1. The highest BCUT2D eigenvalue weighted by Gasteiger charge is 2.32.